The third-order valence-corrected chi connectivity index (χ3v) is 5.14. The number of halogens is 1. The minimum absolute atomic E-state index is 0.277. The third kappa shape index (κ3) is 4.74. The van der Waals surface area contributed by atoms with Gasteiger partial charge in [-0.1, -0.05) is 26.0 Å². The molecule has 0 aliphatic rings. The van der Waals surface area contributed by atoms with E-state index in [9.17, 15) is 8.42 Å². The first-order chi connectivity index (χ1) is 8.33. The number of hydrogen-bond donors (Lipinski definition) is 2. The van der Waals surface area contributed by atoms with Crippen molar-refractivity contribution in [3.8, 4) is 0 Å². The molecular formula is C12H19IN2O2S. The molecule has 1 rings (SSSR count). The maximum absolute atomic E-state index is 12.1. The van der Waals surface area contributed by atoms with Crippen molar-refractivity contribution >= 4 is 38.3 Å². The first kappa shape index (κ1) is 15.7. The molecule has 1 aromatic rings. The lowest BCUT2D eigenvalue weighted by Crippen LogP contribution is -2.37. The molecular weight excluding hydrogens is 363 g/mol. The van der Waals surface area contributed by atoms with E-state index in [1.807, 2.05) is 32.0 Å². The Morgan fingerprint density at radius 3 is 2.39 bits per heavy atom. The summed E-state index contributed by atoms with van der Waals surface area (Å²) in [6.07, 6.45) is 0. The van der Waals surface area contributed by atoms with Crippen LogP contribution in [-0.4, -0.2) is 26.3 Å². The molecule has 0 fully saturated rings. The van der Waals surface area contributed by atoms with E-state index in [0.29, 0.717) is 12.2 Å². The van der Waals surface area contributed by atoms with Gasteiger partial charge in [0, 0.05) is 16.2 Å². The van der Waals surface area contributed by atoms with Crippen LogP contribution in [0.2, 0.25) is 0 Å². The third-order valence-electron chi connectivity index (χ3n) is 2.47. The van der Waals surface area contributed by atoms with Crippen molar-refractivity contribution in [3.63, 3.8) is 0 Å². The minimum Gasteiger partial charge on any atom is -0.313 e. The summed E-state index contributed by atoms with van der Waals surface area (Å²) in [7, 11) is -3.35. The Labute approximate surface area is 123 Å². The van der Waals surface area contributed by atoms with E-state index in [1.54, 1.807) is 13.0 Å². The largest absolute Gasteiger partial charge is 0.313 e. The number of anilines is 1. The molecule has 0 saturated heterocycles. The minimum atomic E-state index is -3.35. The topological polar surface area (TPSA) is 58.2 Å². The molecule has 102 valence electrons. The SMILES string of the molecule is CC(C)NCC(C)S(=O)(=O)Nc1ccccc1I. The predicted molar refractivity (Wildman–Crippen MR) is 84.3 cm³/mol. The fraction of sp³-hybridized carbons (Fsp3) is 0.500. The van der Waals surface area contributed by atoms with Crippen molar-refractivity contribution in [2.75, 3.05) is 11.3 Å². The monoisotopic (exact) mass is 382 g/mol. The highest BCUT2D eigenvalue weighted by molar-refractivity contribution is 14.1. The smallest absolute Gasteiger partial charge is 0.236 e. The van der Waals surface area contributed by atoms with Crippen LogP contribution in [0.15, 0.2) is 24.3 Å². The zero-order valence-electron chi connectivity index (χ0n) is 10.8. The molecule has 1 aromatic carbocycles. The average Bonchev–Trinajstić information content (AvgIpc) is 2.28. The van der Waals surface area contributed by atoms with Crippen LogP contribution in [0.3, 0.4) is 0 Å². The zero-order valence-corrected chi connectivity index (χ0v) is 13.7. The van der Waals surface area contributed by atoms with Crippen molar-refractivity contribution in [1.82, 2.24) is 5.32 Å². The van der Waals surface area contributed by atoms with Gasteiger partial charge >= 0.3 is 0 Å². The summed E-state index contributed by atoms with van der Waals surface area (Å²) in [5, 5.41) is 2.65. The van der Waals surface area contributed by atoms with Gasteiger partial charge in [0.2, 0.25) is 10.0 Å². The fourth-order valence-corrected chi connectivity index (χ4v) is 3.02. The van der Waals surface area contributed by atoms with Crippen LogP contribution in [0.1, 0.15) is 20.8 Å². The number of nitrogens with one attached hydrogen (secondary N) is 2. The molecule has 0 aromatic heterocycles. The van der Waals surface area contributed by atoms with Gasteiger partial charge in [0.05, 0.1) is 10.9 Å². The molecule has 0 amide bonds. The molecule has 2 N–H and O–H groups in total. The average molecular weight is 382 g/mol. The first-order valence-corrected chi connectivity index (χ1v) is 8.45. The maximum atomic E-state index is 12.1. The molecule has 18 heavy (non-hydrogen) atoms. The number of hydrogen-bond acceptors (Lipinski definition) is 3. The van der Waals surface area contributed by atoms with Gasteiger partial charge in [0.15, 0.2) is 0 Å². The number of benzene rings is 1. The van der Waals surface area contributed by atoms with Crippen molar-refractivity contribution in [2.45, 2.75) is 32.1 Å². The molecule has 1 unspecified atom stereocenters. The molecule has 0 aliphatic heterocycles. The number of rotatable bonds is 6. The van der Waals surface area contributed by atoms with Crippen LogP contribution < -0.4 is 10.0 Å². The molecule has 0 radical (unpaired) electrons. The lowest BCUT2D eigenvalue weighted by atomic mass is 10.3. The van der Waals surface area contributed by atoms with E-state index in [2.05, 4.69) is 32.6 Å². The summed E-state index contributed by atoms with van der Waals surface area (Å²) in [5.74, 6) is 0. The van der Waals surface area contributed by atoms with Crippen LogP contribution in [0.5, 0.6) is 0 Å². The molecule has 6 heteroatoms. The number of sulfonamides is 1. The summed E-state index contributed by atoms with van der Waals surface area (Å²) >= 11 is 2.11. The highest BCUT2D eigenvalue weighted by atomic mass is 127. The lowest BCUT2D eigenvalue weighted by molar-refractivity contribution is 0.553. The van der Waals surface area contributed by atoms with E-state index in [4.69, 9.17) is 0 Å². The summed E-state index contributed by atoms with van der Waals surface area (Å²) in [6.45, 7) is 6.13. The molecule has 0 bridgehead atoms. The van der Waals surface area contributed by atoms with Gasteiger partial charge in [-0.05, 0) is 41.6 Å². The Bertz CT molecular complexity index is 489. The highest BCUT2D eigenvalue weighted by Gasteiger charge is 2.21. The van der Waals surface area contributed by atoms with Gasteiger partial charge in [-0.2, -0.15) is 0 Å². The summed E-state index contributed by atoms with van der Waals surface area (Å²) in [6, 6.07) is 7.61. The summed E-state index contributed by atoms with van der Waals surface area (Å²) in [4.78, 5) is 0. The van der Waals surface area contributed by atoms with Crippen LogP contribution in [0.25, 0.3) is 0 Å². The number of para-hydroxylation sites is 1. The highest BCUT2D eigenvalue weighted by Crippen LogP contribution is 2.19. The maximum Gasteiger partial charge on any atom is 0.236 e. The molecule has 0 aliphatic carbocycles. The summed E-state index contributed by atoms with van der Waals surface area (Å²) < 4.78 is 27.7. The molecule has 0 spiro atoms. The normalized spacial score (nSPS) is 13.6. The van der Waals surface area contributed by atoms with Gasteiger partial charge in [0.1, 0.15) is 0 Å². The van der Waals surface area contributed by atoms with E-state index in [1.165, 1.54) is 0 Å². The van der Waals surface area contributed by atoms with Crippen LogP contribution in [0.4, 0.5) is 5.69 Å². The van der Waals surface area contributed by atoms with Crippen molar-refractivity contribution in [1.29, 1.82) is 0 Å². The van der Waals surface area contributed by atoms with Crippen LogP contribution in [0, 0.1) is 3.57 Å². The van der Waals surface area contributed by atoms with E-state index >= 15 is 0 Å². The van der Waals surface area contributed by atoms with Gasteiger partial charge < -0.3 is 5.32 Å². The van der Waals surface area contributed by atoms with Crippen LogP contribution >= 0.6 is 22.6 Å². The van der Waals surface area contributed by atoms with Gasteiger partial charge in [-0.3, -0.25) is 4.72 Å². The second kappa shape index (κ2) is 6.72. The van der Waals surface area contributed by atoms with Crippen molar-refractivity contribution < 1.29 is 8.42 Å². The Kier molecular flexibility index (Phi) is 5.87. The Hall–Kier alpha value is -0.340. The molecule has 1 atom stereocenters. The molecule has 4 nitrogen and oxygen atoms in total. The Morgan fingerprint density at radius 1 is 1.22 bits per heavy atom. The molecule has 0 heterocycles. The zero-order chi connectivity index (χ0) is 13.8. The van der Waals surface area contributed by atoms with E-state index < -0.39 is 15.3 Å². The quantitative estimate of drug-likeness (QED) is 0.743. The second-order valence-electron chi connectivity index (χ2n) is 4.50. The predicted octanol–water partition coefficient (Wildman–Crippen LogP) is 2.42. The second-order valence-corrected chi connectivity index (χ2v) is 7.76. The Morgan fingerprint density at radius 2 is 1.83 bits per heavy atom. The van der Waals surface area contributed by atoms with Gasteiger partial charge in [0.25, 0.3) is 0 Å². The Balaban J connectivity index is 2.73. The first-order valence-electron chi connectivity index (χ1n) is 5.82. The van der Waals surface area contributed by atoms with Crippen molar-refractivity contribution in [2.24, 2.45) is 0 Å². The molecule has 0 saturated carbocycles. The lowest BCUT2D eigenvalue weighted by Gasteiger charge is -2.17. The van der Waals surface area contributed by atoms with E-state index in [-0.39, 0.29) is 6.04 Å². The standard InChI is InChI=1S/C12H19IN2O2S/c1-9(2)14-8-10(3)18(16,17)15-12-7-5-4-6-11(12)13/h4-7,9-10,14-15H,8H2,1-3H3. The van der Waals surface area contributed by atoms with Crippen LogP contribution in [-0.2, 0) is 10.0 Å². The van der Waals surface area contributed by atoms with Crippen molar-refractivity contribution in [3.05, 3.63) is 27.8 Å². The van der Waals surface area contributed by atoms with Gasteiger partial charge in [-0.25, -0.2) is 8.42 Å². The fourth-order valence-electron chi connectivity index (χ4n) is 1.31. The van der Waals surface area contributed by atoms with Gasteiger partial charge in [-0.15, -0.1) is 0 Å². The summed E-state index contributed by atoms with van der Waals surface area (Å²) in [5.41, 5.74) is 0.634. The van der Waals surface area contributed by atoms with E-state index in [0.717, 1.165) is 3.57 Å².